The molecule has 0 saturated carbocycles. The van der Waals surface area contributed by atoms with Crippen LogP contribution in [0.25, 0.3) is 10.9 Å². The molecule has 11 heteroatoms. The number of urea groups is 1. The third kappa shape index (κ3) is 7.57. The maximum atomic E-state index is 13.9. The summed E-state index contributed by atoms with van der Waals surface area (Å²) in [5, 5.41) is 13.1. The number of ether oxygens (including phenoxy) is 1. The predicted octanol–water partition coefficient (Wildman–Crippen LogP) is 6.20. The third-order valence-electron chi connectivity index (χ3n) is 8.19. The van der Waals surface area contributed by atoms with Gasteiger partial charge in [-0.3, -0.25) is 14.8 Å². The minimum Gasteiger partial charge on any atom is -0.444 e. The Morgan fingerprint density at radius 2 is 1.77 bits per heavy atom. The van der Waals surface area contributed by atoms with Gasteiger partial charge in [0.15, 0.2) is 0 Å². The van der Waals surface area contributed by atoms with Crippen molar-refractivity contribution in [2.24, 2.45) is 5.10 Å². The Morgan fingerprint density at radius 1 is 0.957 bits per heavy atom. The van der Waals surface area contributed by atoms with Crippen LogP contribution < -0.4 is 10.6 Å². The minimum absolute atomic E-state index is 0.0732. The molecule has 1 atom stereocenters. The van der Waals surface area contributed by atoms with E-state index in [-0.39, 0.29) is 11.9 Å². The Kier molecular flexibility index (Phi) is 9.15. The first-order valence-electron chi connectivity index (χ1n) is 15.9. The van der Waals surface area contributed by atoms with Gasteiger partial charge < -0.3 is 20.3 Å². The summed E-state index contributed by atoms with van der Waals surface area (Å²) in [5.74, 6) is -0.517. The van der Waals surface area contributed by atoms with Crippen LogP contribution in [0.2, 0.25) is 0 Å². The van der Waals surface area contributed by atoms with Crippen molar-refractivity contribution in [2.45, 2.75) is 64.6 Å². The number of aromatic nitrogens is 2. The van der Waals surface area contributed by atoms with E-state index in [1.54, 1.807) is 28.5 Å². The highest BCUT2D eigenvalue weighted by Gasteiger charge is 2.33. The zero-order valence-corrected chi connectivity index (χ0v) is 26.9. The quantitative estimate of drug-likeness (QED) is 0.222. The molecule has 1 unspecified atom stereocenters. The maximum absolute atomic E-state index is 13.9. The Labute approximate surface area is 274 Å². The van der Waals surface area contributed by atoms with Crippen molar-refractivity contribution in [1.82, 2.24) is 25.2 Å². The molecule has 2 N–H and O–H groups in total. The van der Waals surface area contributed by atoms with E-state index in [0.717, 1.165) is 38.9 Å². The lowest BCUT2D eigenvalue weighted by molar-refractivity contribution is -0.133. The summed E-state index contributed by atoms with van der Waals surface area (Å²) in [5.41, 5.74) is 5.67. The van der Waals surface area contributed by atoms with Gasteiger partial charge in [0.05, 0.1) is 17.1 Å². The molecule has 0 bridgehead atoms. The molecule has 0 radical (unpaired) electrons. The molecular formula is C36H39N7O4. The van der Waals surface area contributed by atoms with Crippen molar-refractivity contribution in [3.63, 3.8) is 0 Å². The molecule has 0 fully saturated rings. The number of alkyl carbamates (subject to hydrolysis) is 1. The van der Waals surface area contributed by atoms with E-state index in [1.807, 2.05) is 81.4 Å². The van der Waals surface area contributed by atoms with Crippen LogP contribution in [0.4, 0.5) is 15.3 Å². The maximum Gasteiger partial charge on any atom is 0.407 e. The SMILES string of the molecule is CC(C)(C)OC(=O)NCCCCN1N=C(c2ccc(NC(=O)N3Cc4ccncc4C3)cc2)CC(c2cccc3ncccc23)C1=O. The zero-order valence-electron chi connectivity index (χ0n) is 26.9. The van der Waals surface area contributed by atoms with Crippen LogP contribution in [-0.2, 0) is 22.6 Å². The predicted molar refractivity (Wildman–Crippen MR) is 180 cm³/mol. The molecule has 2 aromatic heterocycles. The number of unbranched alkanes of at least 4 members (excludes halogenated alkanes) is 1. The summed E-state index contributed by atoms with van der Waals surface area (Å²) in [6.07, 6.45) is 6.56. The van der Waals surface area contributed by atoms with Crippen molar-refractivity contribution in [2.75, 3.05) is 18.4 Å². The number of anilines is 1. The van der Waals surface area contributed by atoms with Gasteiger partial charge in [-0.15, -0.1) is 0 Å². The van der Waals surface area contributed by atoms with E-state index in [0.29, 0.717) is 51.1 Å². The second-order valence-corrected chi connectivity index (χ2v) is 12.8. The van der Waals surface area contributed by atoms with Gasteiger partial charge >= 0.3 is 12.1 Å². The number of nitrogens with zero attached hydrogens (tertiary/aromatic N) is 5. The van der Waals surface area contributed by atoms with E-state index in [1.165, 1.54) is 0 Å². The smallest absolute Gasteiger partial charge is 0.407 e. The second-order valence-electron chi connectivity index (χ2n) is 12.8. The summed E-state index contributed by atoms with van der Waals surface area (Å²) in [4.78, 5) is 49.3. The number of hydrogen-bond acceptors (Lipinski definition) is 7. The fourth-order valence-electron chi connectivity index (χ4n) is 5.91. The minimum atomic E-state index is -0.566. The number of fused-ring (bicyclic) bond motifs is 2. The van der Waals surface area contributed by atoms with Gasteiger partial charge in [-0.05, 0) is 86.2 Å². The first-order chi connectivity index (χ1) is 22.6. The molecule has 2 aliphatic heterocycles. The fourth-order valence-corrected chi connectivity index (χ4v) is 5.91. The number of nitrogens with one attached hydrogen (secondary N) is 2. The number of hydrazone groups is 1. The van der Waals surface area contributed by atoms with Crippen molar-refractivity contribution >= 4 is 40.3 Å². The van der Waals surface area contributed by atoms with Crippen LogP contribution >= 0.6 is 0 Å². The Balaban J connectivity index is 1.16. The normalized spacial score (nSPS) is 16.1. The highest BCUT2D eigenvalue weighted by molar-refractivity contribution is 6.07. The first-order valence-corrected chi connectivity index (χ1v) is 15.9. The van der Waals surface area contributed by atoms with Crippen LogP contribution in [0.15, 0.2) is 84.4 Å². The summed E-state index contributed by atoms with van der Waals surface area (Å²) >= 11 is 0. The summed E-state index contributed by atoms with van der Waals surface area (Å²) in [6.45, 7) is 7.37. The Hall–Kier alpha value is -5.32. The average molecular weight is 634 g/mol. The summed E-state index contributed by atoms with van der Waals surface area (Å²) < 4.78 is 5.31. The van der Waals surface area contributed by atoms with E-state index in [9.17, 15) is 14.4 Å². The number of amides is 4. The molecule has 6 rings (SSSR count). The van der Waals surface area contributed by atoms with Gasteiger partial charge in [-0.1, -0.05) is 30.3 Å². The van der Waals surface area contributed by atoms with Gasteiger partial charge in [-0.25, -0.2) is 14.6 Å². The molecule has 4 heterocycles. The van der Waals surface area contributed by atoms with E-state index in [2.05, 4.69) is 20.6 Å². The molecule has 2 aliphatic rings. The number of carbonyl (C=O) groups excluding carboxylic acids is 3. The lowest BCUT2D eigenvalue weighted by Gasteiger charge is -2.30. The molecule has 2 aromatic carbocycles. The third-order valence-corrected chi connectivity index (χ3v) is 8.19. The topological polar surface area (TPSA) is 129 Å². The van der Waals surface area contributed by atoms with Crippen LogP contribution in [0.5, 0.6) is 0 Å². The molecule has 0 aliphatic carbocycles. The number of carbonyl (C=O) groups is 3. The first kappa shape index (κ1) is 31.7. The second kappa shape index (κ2) is 13.6. The van der Waals surface area contributed by atoms with Crippen LogP contribution in [0.3, 0.4) is 0 Å². The fraction of sp³-hybridized carbons (Fsp3) is 0.333. The molecule has 4 aromatic rings. The average Bonchev–Trinajstić information content (AvgIpc) is 3.50. The van der Waals surface area contributed by atoms with Crippen molar-refractivity contribution in [1.29, 1.82) is 0 Å². The van der Waals surface area contributed by atoms with Gasteiger partial charge in [0, 0.05) is 62.3 Å². The standard InChI is InChI=1S/C36H39N7O4/c1-36(2,3)47-35(46)39-16-4-5-19-43-33(44)30(28-8-6-10-31-29(28)9-7-17-38-31)20-32(41-43)24-11-13-27(14-12-24)40-34(45)42-22-25-15-18-37-21-26(25)23-42/h6-15,17-18,21,30H,4-5,16,19-20,22-23H2,1-3H3,(H,39,46)(H,40,45). The Bertz CT molecular complexity index is 1790. The van der Waals surface area contributed by atoms with Crippen molar-refractivity contribution in [3.8, 4) is 0 Å². The highest BCUT2D eigenvalue weighted by Crippen LogP contribution is 2.33. The summed E-state index contributed by atoms with van der Waals surface area (Å²) in [7, 11) is 0. The van der Waals surface area contributed by atoms with Gasteiger partial charge in [0.1, 0.15) is 5.60 Å². The number of hydrogen-bond donors (Lipinski definition) is 2. The number of benzene rings is 2. The monoisotopic (exact) mass is 633 g/mol. The van der Waals surface area contributed by atoms with E-state index in [4.69, 9.17) is 9.84 Å². The molecule has 0 saturated heterocycles. The van der Waals surface area contributed by atoms with Crippen molar-refractivity contribution < 1.29 is 19.1 Å². The molecule has 0 spiro atoms. The number of pyridine rings is 2. The van der Waals surface area contributed by atoms with Gasteiger partial charge in [-0.2, -0.15) is 5.10 Å². The summed E-state index contributed by atoms with van der Waals surface area (Å²) in [6, 6.07) is 19.1. The molecule has 11 nitrogen and oxygen atoms in total. The molecule has 47 heavy (non-hydrogen) atoms. The zero-order chi connectivity index (χ0) is 33.0. The molecule has 242 valence electrons. The lowest BCUT2D eigenvalue weighted by Crippen LogP contribution is -2.38. The van der Waals surface area contributed by atoms with E-state index < -0.39 is 17.6 Å². The van der Waals surface area contributed by atoms with Crippen LogP contribution in [0.1, 0.15) is 68.2 Å². The highest BCUT2D eigenvalue weighted by atomic mass is 16.6. The Morgan fingerprint density at radius 3 is 2.55 bits per heavy atom. The van der Waals surface area contributed by atoms with E-state index >= 15 is 0 Å². The number of rotatable bonds is 8. The van der Waals surface area contributed by atoms with Gasteiger partial charge in [0.25, 0.3) is 5.91 Å². The van der Waals surface area contributed by atoms with Crippen LogP contribution in [-0.4, -0.2) is 62.3 Å². The van der Waals surface area contributed by atoms with Crippen LogP contribution in [0, 0.1) is 0 Å². The van der Waals surface area contributed by atoms with Crippen molar-refractivity contribution in [3.05, 3.63) is 102 Å². The van der Waals surface area contributed by atoms with Gasteiger partial charge in [0.2, 0.25) is 0 Å². The largest absolute Gasteiger partial charge is 0.444 e. The molecule has 4 amide bonds. The molecular weight excluding hydrogens is 594 g/mol. The lowest BCUT2D eigenvalue weighted by atomic mass is 9.86.